The van der Waals surface area contributed by atoms with E-state index in [0.717, 1.165) is 12.1 Å². The standard InChI is InChI=1S/C14H9F3N6O2.C2H6/c15-14(16,17)8-1-3-9(4-2-8)18-12-6-5-10(23(24)25)7-11(12)13-19-21-22-20-13;1-2/h1-7,18H,(H,19,20,21,22);1-2H3. The molecule has 27 heavy (non-hydrogen) atoms. The third-order valence-corrected chi connectivity index (χ3v) is 3.29. The molecular weight excluding hydrogens is 365 g/mol. The van der Waals surface area contributed by atoms with Gasteiger partial charge in [0.25, 0.3) is 5.69 Å². The Kier molecular flexibility index (Phi) is 6.06. The third kappa shape index (κ3) is 4.77. The normalized spacial score (nSPS) is 10.7. The highest BCUT2D eigenvalue weighted by atomic mass is 19.4. The molecule has 142 valence electrons. The molecule has 0 spiro atoms. The fourth-order valence-corrected chi connectivity index (χ4v) is 2.11. The zero-order valence-electron chi connectivity index (χ0n) is 14.3. The Balaban J connectivity index is 0.00000126. The van der Waals surface area contributed by atoms with Crippen LogP contribution in [-0.2, 0) is 6.18 Å². The van der Waals surface area contributed by atoms with Crippen molar-refractivity contribution in [3.8, 4) is 11.4 Å². The summed E-state index contributed by atoms with van der Waals surface area (Å²) in [6.07, 6.45) is -4.43. The first kappa shape index (κ1) is 19.8. The number of aromatic amines is 1. The van der Waals surface area contributed by atoms with E-state index in [-0.39, 0.29) is 17.1 Å². The van der Waals surface area contributed by atoms with Crippen LogP contribution in [-0.4, -0.2) is 25.5 Å². The van der Waals surface area contributed by atoms with Gasteiger partial charge in [-0.1, -0.05) is 13.8 Å². The first-order valence-corrected chi connectivity index (χ1v) is 7.81. The van der Waals surface area contributed by atoms with Crippen molar-refractivity contribution in [3.63, 3.8) is 0 Å². The maximum absolute atomic E-state index is 12.6. The van der Waals surface area contributed by atoms with E-state index in [1.807, 2.05) is 13.8 Å². The number of nitro groups is 1. The van der Waals surface area contributed by atoms with E-state index in [1.165, 1.54) is 30.3 Å². The first-order valence-electron chi connectivity index (χ1n) is 7.81. The van der Waals surface area contributed by atoms with Crippen molar-refractivity contribution >= 4 is 17.1 Å². The topological polar surface area (TPSA) is 110 Å². The van der Waals surface area contributed by atoms with Gasteiger partial charge in [-0.2, -0.15) is 18.4 Å². The molecule has 11 heteroatoms. The molecule has 0 atom stereocenters. The molecule has 0 aliphatic rings. The number of anilines is 2. The summed E-state index contributed by atoms with van der Waals surface area (Å²) in [5.41, 5.74) is 0.0686. The summed E-state index contributed by atoms with van der Waals surface area (Å²) < 4.78 is 37.8. The molecule has 1 aromatic heterocycles. The molecule has 0 aliphatic heterocycles. The molecule has 1 heterocycles. The second-order valence-electron chi connectivity index (χ2n) is 4.92. The predicted molar refractivity (Wildman–Crippen MR) is 92.3 cm³/mol. The van der Waals surface area contributed by atoms with Crippen molar-refractivity contribution in [2.75, 3.05) is 5.32 Å². The molecule has 0 unspecified atom stereocenters. The van der Waals surface area contributed by atoms with Crippen LogP contribution in [0.2, 0.25) is 0 Å². The highest BCUT2D eigenvalue weighted by Crippen LogP contribution is 2.33. The van der Waals surface area contributed by atoms with Gasteiger partial charge in [0, 0.05) is 17.8 Å². The number of hydrogen-bond acceptors (Lipinski definition) is 6. The van der Waals surface area contributed by atoms with Gasteiger partial charge in [0.15, 0.2) is 0 Å². The number of rotatable bonds is 4. The largest absolute Gasteiger partial charge is 0.416 e. The number of benzene rings is 2. The van der Waals surface area contributed by atoms with E-state index < -0.39 is 16.7 Å². The summed E-state index contributed by atoms with van der Waals surface area (Å²) in [5, 5.41) is 27.0. The summed E-state index contributed by atoms with van der Waals surface area (Å²) in [7, 11) is 0. The monoisotopic (exact) mass is 380 g/mol. The van der Waals surface area contributed by atoms with Crippen LogP contribution in [0.3, 0.4) is 0 Å². The molecule has 0 radical (unpaired) electrons. The summed E-state index contributed by atoms with van der Waals surface area (Å²) >= 11 is 0. The summed E-state index contributed by atoms with van der Waals surface area (Å²) in [4.78, 5) is 10.4. The van der Waals surface area contributed by atoms with Crippen molar-refractivity contribution in [2.24, 2.45) is 0 Å². The highest BCUT2D eigenvalue weighted by molar-refractivity contribution is 5.79. The Bertz CT molecular complexity index is 896. The van der Waals surface area contributed by atoms with Crippen molar-refractivity contribution in [3.05, 3.63) is 58.1 Å². The second kappa shape index (κ2) is 8.25. The SMILES string of the molecule is CC.O=[N+]([O-])c1ccc(Nc2ccc(C(F)(F)F)cc2)c(-c2nn[nH]n2)c1. The lowest BCUT2D eigenvalue weighted by atomic mass is 10.1. The molecule has 0 amide bonds. The number of nitro benzene ring substituents is 1. The number of non-ortho nitro benzene ring substituents is 1. The zero-order chi connectivity index (χ0) is 20.0. The number of tetrazole rings is 1. The zero-order valence-corrected chi connectivity index (χ0v) is 14.3. The molecule has 0 saturated heterocycles. The minimum atomic E-state index is -4.43. The maximum atomic E-state index is 12.6. The van der Waals surface area contributed by atoms with Crippen LogP contribution in [0.1, 0.15) is 19.4 Å². The van der Waals surface area contributed by atoms with Crippen molar-refractivity contribution in [1.29, 1.82) is 0 Å². The van der Waals surface area contributed by atoms with Crippen molar-refractivity contribution < 1.29 is 18.1 Å². The van der Waals surface area contributed by atoms with Crippen LogP contribution < -0.4 is 5.32 Å². The minimum Gasteiger partial charge on any atom is -0.355 e. The number of aromatic nitrogens is 4. The second-order valence-corrected chi connectivity index (χ2v) is 4.92. The number of nitrogens with one attached hydrogen (secondary N) is 2. The Morgan fingerprint density at radius 2 is 1.78 bits per heavy atom. The summed E-state index contributed by atoms with van der Waals surface area (Å²) in [6.45, 7) is 4.00. The number of nitrogens with zero attached hydrogens (tertiary/aromatic N) is 4. The van der Waals surface area contributed by atoms with E-state index in [1.54, 1.807) is 0 Å². The molecule has 0 aliphatic carbocycles. The molecule has 2 N–H and O–H groups in total. The van der Waals surface area contributed by atoms with Gasteiger partial charge in [-0.05, 0) is 35.5 Å². The number of alkyl halides is 3. The lowest BCUT2D eigenvalue weighted by Crippen LogP contribution is -2.04. The van der Waals surface area contributed by atoms with E-state index in [2.05, 4.69) is 25.9 Å². The quantitative estimate of drug-likeness (QED) is 0.507. The molecule has 0 bridgehead atoms. The Morgan fingerprint density at radius 3 is 2.30 bits per heavy atom. The average Bonchev–Trinajstić information content (AvgIpc) is 3.18. The molecule has 0 saturated carbocycles. The van der Waals surface area contributed by atoms with Gasteiger partial charge < -0.3 is 5.32 Å². The third-order valence-electron chi connectivity index (χ3n) is 3.29. The first-order chi connectivity index (χ1) is 12.8. The van der Waals surface area contributed by atoms with Crippen LogP contribution in [0.25, 0.3) is 11.4 Å². The van der Waals surface area contributed by atoms with E-state index in [9.17, 15) is 23.3 Å². The lowest BCUT2D eigenvalue weighted by molar-refractivity contribution is -0.384. The highest BCUT2D eigenvalue weighted by Gasteiger charge is 2.30. The summed E-state index contributed by atoms with van der Waals surface area (Å²) in [6, 6.07) is 8.30. The van der Waals surface area contributed by atoms with Crippen LogP contribution in [0.5, 0.6) is 0 Å². The number of H-pyrrole nitrogens is 1. The van der Waals surface area contributed by atoms with Gasteiger partial charge >= 0.3 is 6.18 Å². The van der Waals surface area contributed by atoms with Crippen molar-refractivity contribution in [1.82, 2.24) is 20.6 Å². The lowest BCUT2D eigenvalue weighted by Gasteiger charge is -2.11. The fraction of sp³-hybridized carbons (Fsp3) is 0.188. The molecular formula is C16H15F3N6O2. The molecule has 8 nitrogen and oxygen atoms in total. The van der Waals surface area contributed by atoms with Crippen LogP contribution in [0.15, 0.2) is 42.5 Å². The van der Waals surface area contributed by atoms with Gasteiger partial charge in [-0.25, -0.2) is 0 Å². The number of hydrogen-bond donors (Lipinski definition) is 2. The fourth-order valence-electron chi connectivity index (χ4n) is 2.11. The Morgan fingerprint density at radius 1 is 1.11 bits per heavy atom. The molecule has 3 aromatic rings. The van der Waals surface area contributed by atoms with Gasteiger partial charge in [-0.3, -0.25) is 10.1 Å². The molecule has 0 fully saturated rings. The Hall–Kier alpha value is -3.50. The average molecular weight is 380 g/mol. The van der Waals surface area contributed by atoms with Crippen molar-refractivity contribution in [2.45, 2.75) is 20.0 Å². The van der Waals surface area contributed by atoms with E-state index in [4.69, 9.17) is 0 Å². The number of halogens is 3. The predicted octanol–water partition coefficient (Wildman–Crippen LogP) is 4.56. The Labute approximate surface area is 151 Å². The van der Waals surface area contributed by atoms with Crippen LogP contribution in [0.4, 0.5) is 30.2 Å². The maximum Gasteiger partial charge on any atom is 0.416 e. The van der Waals surface area contributed by atoms with E-state index >= 15 is 0 Å². The van der Waals surface area contributed by atoms with E-state index in [0.29, 0.717) is 11.4 Å². The van der Waals surface area contributed by atoms with Crippen LogP contribution in [0, 0.1) is 10.1 Å². The molecule has 2 aromatic carbocycles. The van der Waals surface area contributed by atoms with Gasteiger partial charge in [-0.15, -0.1) is 10.2 Å². The van der Waals surface area contributed by atoms with Gasteiger partial charge in [0.1, 0.15) is 0 Å². The minimum absolute atomic E-state index is 0.109. The van der Waals surface area contributed by atoms with Crippen LogP contribution >= 0.6 is 0 Å². The molecule has 3 rings (SSSR count). The summed E-state index contributed by atoms with van der Waals surface area (Å²) in [5.74, 6) is 0.109. The van der Waals surface area contributed by atoms with Gasteiger partial charge in [0.05, 0.1) is 21.7 Å². The van der Waals surface area contributed by atoms with Gasteiger partial charge in [0.2, 0.25) is 5.82 Å². The smallest absolute Gasteiger partial charge is 0.355 e.